The highest BCUT2D eigenvalue weighted by atomic mass is 35.5. The van der Waals surface area contributed by atoms with E-state index < -0.39 is 0 Å². The fraction of sp³-hybridized carbons (Fsp3) is 0.857. The van der Waals surface area contributed by atoms with Gasteiger partial charge in [0, 0.05) is 6.04 Å². The molecule has 3 heteroatoms. The number of halogens is 1. The minimum absolute atomic E-state index is 0.0526. The van der Waals surface area contributed by atoms with Gasteiger partial charge in [0.05, 0.1) is 0 Å². The number of alkyl halides is 1. The molecule has 0 spiro atoms. The Morgan fingerprint density at radius 3 is 2.30 bits per heavy atom. The second-order valence-corrected chi connectivity index (χ2v) is 3.00. The Morgan fingerprint density at radius 1 is 1.50 bits per heavy atom. The first-order valence-electron chi connectivity index (χ1n) is 3.43. The molecule has 0 aromatic heterocycles. The van der Waals surface area contributed by atoms with E-state index in [0.717, 1.165) is 0 Å². The molecule has 1 unspecified atom stereocenters. The van der Waals surface area contributed by atoms with Gasteiger partial charge < -0.3 is 5.32 Å². The number of hydrogen-bond donors (Lipinski definition) is 1. The van der Waals surface area contributed by atoms with Gasteiger partial charge >= 0.3 is 0 Å². The summed E-state index contributed by atoms with van der Waals surface area (Å²) in [4.78, 5) is 10.7. The first kappa shape index (κ1) is 9.76. The van der Waals surface area contributed by atoms with Crippen LogP contribution < -0.4 is 5.32 Å². The molecule has 0 fully saturated rings. The molecule has 0 saturated carbocycles. The molecule has 0 saturated heterocycles. The minimum atomic E-state index is -0.0946. The third kappa shape index (κ3) is 3.72. The third-order valence-electron chi connectivity index (χ3n) is 1.51. The minimum Gasteiger partial charge on any atom is -0.352 e. The zero-order valence-electron chi connectivity index (χ0n) is 6.65. The Kier molecular flexibility index (Phi) is 4.45. The number of nitrogens with one attached hydrogen (secondary N) is 1. The van der Waals surface area contributed by atoms with E-state index in [1.807, 2.05) is 6.92 Å². The van der Waals surface area contributed by atoms with Crippen LogP contribution in [-0.4, -0.2) is 17.8 Å². The average Bonchev–Trinajstić information content (AvgIpc) is 1.87. The van der Waals surface area contributed by atoms with Crippen molar-refractivity contribution >= 4 is 17.5 Å². The van der Waals surface area contributed by atoms with E-state index in [0.29, 0.717) is 5.92 Å². The quantitative estimate of drug-likeness (QED) is 0.626. The number of carbonyl (C=O) groups is 1. The van der Waals surface area contributed by atoms with Crippen molar-refractivity contribution < 1.29 is 4.79 Å². The molecule has 2 nitrogen and oxygen atoms in total. The predicted octanol–water partition coefficient (Wildman–Crippen LogP) is 1.39. The van der Waals surface area contributed by atoms with Gasteiger partial charge in [-0.2, -0.15) is 0 Å². The Labute approximate surface area is 66.9 Å². The van der Waals surface area contributed by atoms with Gasteiger partial charge in [-0.3, -0.25) is 4.79 Å². The Morgan fingerprint density at radius 2 is 2.00 bits per heavy atom. The molecule has 60 valence electrons. The molecule has 1 N–H and O–H groups in total. The summed E-state index contributed by atoms with van der Waals surface area (Å²) < 4.78 is 0. The van der Waals surface area contributed by atoms with Crippen LogP contribution >= 0.6 is 11.6 Å². The molecule has 0 aromatic rings. The molecular formula is C7H14ClNO. The molecule has 0 aromatic carbocycles. The molecule has 0 heterocycles. The van der Waals surface area contributed by atoms with Gasteiger partial charge in [-0.1, -0.05) is 13.8 Å². The van der Waals surface area contributed by atoms with Crippen molar-refractivity contribution in [2.75, 3.05) is 5.88 Å². The second-order valence-electron chi connectivity index (χ2n) is 2.73. The lowest BCUT2D eigenvalue weighted by atomic mass is 10.1. The molecule has 0 bridgehead atoms. The van der Waals surface area contributed by atoms with Gasteiger partial charge in [0.1, 0.15) is 5.88 Å². The molecule has 0 aliphatic carbocycles. The molecule has 0 aliphatic heterocycles. The van der Waals surface area contributed by atoms with Crippen molar-refractivity contribution in [1.82, 2.24) is 5.32 Å². The standard InChI is InChI=1S/C7H14ClNO/c1-5(2)6(3)9-7(10)4-8/h5-6H,4H2,1-3H3,(H,9,10). The van der Waals surface area contributed by atoms with Crippen molar-refractivity contribution in [3.63, 3.8) is 0 Å². The summed E-state index contributed by atoms with van der Waals surface area (Å²) in [5.41, 5.74) is 0. The summed E-state index contributed by atoms with van der Waals surface area (Å²) in [5.74, 6) is 0.423. The molecule has 0 radical (unpaired) electrons. The van der Waals surface area contributed by atoms with Gasteiger partial charge in [0.2, 0.25) is 5.91 Å². The fourth-order valence-corrected chi connectivity index (χ4v) is 0.536. The van der Waals surface area contributed by atoms with Crippen molar-refractivity contribution in [2.24, 2.45) is 5.92 Å². The zero-order valence-corrected chi connectivity index (χ0v) is 7.40. The summed E-state index contributed by atoms with van der Waals surface area (Å²) in [7, 11) is 0. The van der Waals surface area contributed by atoms with Gasteiger partial charge in [-0.25, -0.2) is 0 Å². The van der Waals surface area contributed by atoms with E-state index in [2.05, 4.69) is 19.2 Å². The topological polar surface area (TPSA) is 29.1 Å². The van der Waals surface area contributed by atoms with E-state index >= 15 is 0 Å². The van der Waals surface area contributed by atoms with E-state index in [-0.39, 0.29) is 17.8 Å². The maximum absolute atomic E-state index is 10.7. The summed E-state index contributed by atoms with van der Waals surface area (Å²) in [5, 5.41) is 2.76. The Balaban J connectivity index is 3.57. The zero-order chi connectivity index (χ0) is 8.15. The number of rotatable bonds is 3. The van der Waals surface area contributed by atoms with E-state index in [1.54, 1.807) is 0 Å². The van der Waals surface area contributed by atoms with E-state index in [9.17, 15) is 4.79 Å². The lowest BCUT2D eigenvalue weighted by Gasteiger charge is -2.16. The molecule has 1 amide bonds. The highest BCUT2D eigenvalue weighted by Crippen LogP contribution is 1.98. The smallest absolute Gasteiger partial charge is 0.235 e. The van der Waals surface area contributed by atoms with Crippen LogP contribution in [0.2, 0.25) is 0 Å². The molecular weight excluding hydrogens is 150 g/mol. The van der Waals surface area contributed by atoms with Gasteiger partial charge in [-0.15, -0.1) is 11.6 Å². The first-order chi connectivity index (χ1) is 4.57. The lowest BCUT2D eigenvalue weighted by molar-refractivity contribution is -0.119. The fourth-order valence-electron chi connectivity index (χ4n) is 0.459. The van der Waals surface area contributed by atoms with Crippen LogP contribution in [0.25, 0.3) is 0 Å². The second kappa shape index (κ2) is 4.56. The van der Waals surface area contributed by atoms with Crippen LogP contribution in [0.5, 0.6) is 0 Å². The highest BCUT2D eigenvalue weighted by molar-refractivity contribution is 6.27. The van der Waals surface area contributed by atoms with Gasteiger partial charge in [-0.05, 0) is 12.8 Å². The van der Waals surface area contributed by atoms with Crippen LogP contribution in [-0.2, 0) is 4.79 Å². The maximum atomic E-state index is 10.7. The molecule has 0 aliphatic rings. The van der Waals surface area contributed by atoms with Crippen molar-refractivity contribution in [3.8, 4) is 0 Å². The SMILES string of the molecule is CC(C)C(C)NC(=O)CCl. The van der Waals surface area contributed by atoms with Crippen molar-refractivity contribution in [1.29, 1.82) is 0 Å². The highest BCUT2D eigenvalue weighted by Gasteiger charge is 2.08. The Hall–Kier alpha value is -0.240. The monoisotopic (exact) mass is 163 g/mol. The van der Waals surface area contributed by atoms with Crippen LogP contribution in [0.4, 0.5) is 0 Å². The largest absolute Gasteiger partial charge is 0.352 e. The number of hydrogen-bond acceptors (Lipinski definition) is 1. The molecule has 0 rings (SSSR count). The van der Waals surface area contributed by atoms with Crippen LogP contribution in [0.15, 0.2) is 0 Å². The van der Waals surface area contributed by atoms with Gasteiger partial charge in [0.25, 0.3) is 0 Å². The molecule has 10 heavy (non-hydrogen) atoms. The normalized spacial score (nSPS) is 13.3. The summed E-state index contributed by atoms with van der Waals surface area (Å²) in [6.45, 7) is 6.08. The summed E-state index contributed by atoms with van der Waals surface area (Å²) >= 11 is 5.29. The number of carbonyl (C=O) groups excluding carboxylic acids is 1. The van der Waals surface area contributed by atoms with Crippen molar-refractivity contribution in [2.45, 2.75) is 26.8 Å². The van der Waals surface area contributed by atoms with Crippen LogP contribution in [0.1, 0.15) is 20.8 Å². The third-order valence-corrected chi connectivity index (χ3v) is 1.75. The maximum Gasteiger partial charge on any atom is 0.235 e. The number of amides is 1. The van der Waals surface area contributed by atoms with Crippen LogP contribution in [0, 0.1) is 5.92 Å². The average molecular weight is 164 g/mol. The first-order valence-corrected chi connectivity index (χ1v) is 3.96. The Bertz CT molecular complexity index is 114. The summed E-state index contributed by atoms with van der Waals surface area (Å²) in [6.07, 6.45) is 0. The van der Waals surface area contributed by atoms with Crippen molar-refractivity contribution in [3.05, 3.63) is 0 Å². The molecule has 1 atom stereocenters. The van der Waals surface area contributed by atoms with Crippen LogP contribution in [0.3, 0.4) is 0 Å². The lowest BCUT2D eigenvalue weighted by Crippen LogP contribution is -2.36. The summed E-state index contributed by atoms with van der Waals surface area (Å²) in [6, 6.07) is 0.214. The predicted molar refractivity (Wildman–Crippen MR) is 43.2 cm³/mol. The van der Waals surface area contributed by atoms with E-state index in [4.69, 9.17) is 11.6 Å². The van der Waals surface area contributed by atoms with E-state index in [1.165, 1.54) is 0 Å². The van der Waals surface area contributed by atoms with Gasteiger partial charge in [0.15, 0.2) is 0 Å².